The van der Waals surface area contributed by atoms with Crippen molar-refractivity contribution in [3.63, 3.8) is 0 Å². The van der Waals surface area contributed by atoms with Gasteiger partial charge < -0.3 is 18.9 Å². The van der Waals surface area contributed by atoms with Crippen LogP contribution < -0.4 is 0 Å². The van der Waals surface area contributed by atoms with Crippen LogP contribution in [0.4, 0.5) is 0 Å². The highest BCUT2D eigenvalue weighted by molar-refractivity contribution is 6.00. The van der Waals surface area contributed by atoms with E-state index in [-0.39, 0.29) is 38.5 Å². The number of rotatable bonds is 5. The summed E-state index contributed by atoms with van der Waals surface area (Å²) in [6.45, 7) is 0. The zero-order chi connectivity index (χ0) is 24.9. The van der Waals surface area contributed by atoms with Gasteiger partial charge in [0.25, 0.3) is 0 Å². The number of hydrogen-bond donors (Lipinski definition) is 0. The van der Waals surface area contributed by atoms with Crippen LogP contribution in [0.5, 0.6) is 0 Å². The monoisotopic (exact) mass is 464 g/mol. The zero-order valence-electron chi connectivity index (χ0n) is 19.6. The van der Waals surface area contributed by atoms with Crippen molar-refractivity contribution in [2.45, 2.75) is 44.9 Å². The van der Waals surface area contributed by atoms with Gasteiger partial charge in [-0.3, -0.25) is 24.0 Å². The van der Waals surface area contributed by atoms with E-state index in [1.807, 2.05) is 0 Å². The first-order chi connectivity index (χ1) is 15.8. The molecule has 0 aromatic heterocycles. The third kappa shape index (κ3) is 6.63. The summed E-state index contributed by atoms with van der Waals surface area (Å²) >= 11 is 0. The van der Waals surface area contributed by atoms with Crippen LogP contribution in [-0.2, 0) is 42.9 Å². The predicted molar refractivity (Wildman–Crippen MR) is 118 cm³/mol. The number of allylic oxidation sites excluding steroid dienone is 6. The minimum atomic E-state index is -1.57. The van der Waals surface area contributed by atoms with Crippen LogP contribution in [0.1, 0.15) is 44.9 Å². The van der Waals surface area contributed by atoms with Gasteiger partial charge in [-0.2, -0.15) is 0 Å². The van der Waals surface area contributed by atoms with Crippen molar-refractivity contribution in [1.82, 2.24) is 0 Å². The maximum atomic E-state index is 12.6. The molecule has 0 atom stereocenters. The third-order valence-corrected chi connectivity index (χ3v) is 5.86. The van der Waals surface area contributed by atoms with Gasteiger partial charge >= 0.3 is 23.9 Å². The summed E-state index contributed by atoms with van der Waals surface area (Å²) in [6, 6.07) is 0. The molecule has 0 spiro atoms. The minimum Gasteiger partial charge on any atom is -0.468 e. The van der Waals surface area contributed by atoms with Crippen molar-refractivity contribution in [2.75, 3.05) is 28.4 Å². The Balaban J connectivity index is 3.42. The van der Waals surface area contributed by atoms with Crippen molar-refractivity contribution in [2.24, 2.45) is 10.8 Å². The van der Waals surface area contributed by atoms with Gasteiger partial charge in [0.1, 0.15) is 6.29 Å². The van der Waals surface area contributed by atoms with Gasteiger partial charge in [0.15, 0.2) is 10.8 Å². The fraction of sp³-hybridized carbons (Fsp3) is 0.542. The third-order valence-electron chi connectivity index (χ3n) is 5.86. The lowest BCUT2D eigenvalue weighted by atomic mass is 9.77. The fourth-order valence-electron chi connectivity index (χ4n) is 3.88. The second kappa shape index (κ2) is 13.3. The van der Waals surface area contributed by atoms with Crippen LogP contribution in [-0.4, -0.2) is 58.6 Å². The molecular formula is C24H32O9. The van der Waals surface area contributed by atoms with Crippen molar-refractivity contribution in [1.29, 1.82) is 0 Å². The molecule has 0 saturated heterocycles. The number of carbonyl (C=O) groups is 5. The molecule has 0 heterocycles. The van der Waals surface area contributed by atoms with Gasteiger partial charge in [-0.1, -0.05) is 30.4 Å². The molecule has 182 valence electrons. The van der Waals surface area contributed by atoms with Crippen LogP contribution in [0.3, 0.4) is 0 Å². The van der Waals surface area contributed by atoms with Gasteiger partial charge in [0.2, 0.25) is 0 Å². The Bertz CT molecular complexity index is 788. The number of carbonyl (C=O) groups excluding carboxylic acids is 5. The molecule has 0 aliphatic heterocycles. The van der Waals surface area contributed by atoms with E-state index in [1.54, 1.807) is 30.4 Å². The second-order valence-electron chi connectivity index (χ2n) is 7.67. The van der Waals surface area contributed by atoms with E-state index in [0.29, 0.717) is 18.3 Å². The van der Waals surface area contributed by atoms with E-state index in [9.17, 15) is 24.0 Å². The molecule has 0 unspecified atom stereocenters. The molecule has 0 radical (unpaired) electrons. The highest BCUT2D eigenvalue weighted by Gasteiger charge is 2.48. The second-order valence-corrected chi connectivity index (χ2v) is 7.67. The molecule has 0 bridgehead atoms. The zero-order valence-corrected chi connectivity index (χ0v) is 19.6. The summed E-state index contributed by atoms with van der Waals surface area (Å²) in [7, 11) is 4.77. The van der Waals surface area contributed by atoms with Gasteiger partial charge in [-0.05, 0) is 50.5 Å². The lowest BCUT2D eigenvalue weighted by Gasteiger charge is -2.28. The first kappa shape index (κ1) is 27.8. The van der Waals surface area contributed by atoms with E-state index in [0.717, 1.165) is 0 Å². The summed E-state index contributed by atoms with van der Waals surface area (Å²) in [5, 5.41) is 0. The van der Waals surface area contributed by atoms with E-state index >= 15 is 0 Å². The summed E-state index contributed by atoms with van der Waals surface area (Å²) in [5.41, 5.74) is -2.82. The SMILES string of the molecule is COC(=O)C1(C(=O)OC)C/C=C/C=C\CCC(C(=O)OC)(C(=O)OC)CC/C(C=O)=C\CC1. The summed E-state index contributed by atoms with van der Waals surface area (Å²) in [6.07, 6.45) is 9.75. The molecular weight excluding hydrogens is 432 g/mol. The Hall–Kier alpha value is -3.23. The molecule has 0 N–H and O–H groups in total. The first-order valence-corrected chi connectivity index (χ1v) is 10.6. The molecule has 1 aliphatic rings. The van der Waals surface area contributed by atoms with Crippen molar-refractivity contribution in [3.8, 4) is 0 Å². The standard InChI is InChI=1S/C24H32O9/c1-30-19(26)23(20(27)31-2)13-8-6-5-7-9-14-24(21(28)32-3,22(29)33-4)16-12-18(17-25)11-10-15-23/h5-8,11,17H,9-10,12-16H2,1-4H3/b7-5-,8-6+,18-11+. The van der Waals surface area contributed by atoms with Crippen molar-refractivity contribution >= 4 is 30.2 Å². The summed E-state index contributed by atoms with van der Waals surface area (Å²) < 4.78 is 19.5. The molecule has 0 aromatic rings. The molecule has 0 fully saturated rings. The average molecular weight is 465 g/mol. The number of methoxy groups -OCH3 is 4. The van der Waals surface area contributed by atoms with E-state index < -0.39 is 34.7 Å². The van der Waals surface area contributed by atoms with Crippen molar-refractivity contribution in [3.05, 3.63) is 36.0 Å². The number of ether oxygens (including phenoxy) is 4. The van der Waals surface area contributed by atoms with Gasteiger partial charge in [-0.25, -0.2) is 0 Å². The van der Waals surface area contributed by atoms with Crippen LogP contribution >= 0.6 is 0 Å². The highest BCUT2D eigenvalue weighted by atomic mass is 16.6. The lowest BCUT2D eigenvalue weighted by molar-refractivity contribution is -0.171. The minimum absolute atomic E-state index is 0.000253. The van der Waals surface area contributed by atoms with Crippen LogP contribution in [0.25, 0.3) is 0 Å². The normalized spacial score (nSPS) is 22.0. The Morgan fingerprint density at radius 2 is 1.21 bits per heavy atom. The maximum absolute atomic E-state index is 12.6. The fourth-order valence-corrected chi connectivity index (χ4v) is 3.88. The molecule has 9 nitrogen and oxygen atoms in total. The Kier molecular flexibility index (Phi) is 11.2. The van der Waals surface area contributed by atoms with Crippen LogP contribution in [0, 0.1) is 10.8 Å². The lowest BCUT2D eigenvalue weighted by Crippen LogP contribution is -2.41. The van der Waals surface area contributed by atoms with E-state index in [1.165, 1.54) is 28.4 Å². The molecule has 1 aliphatic carbocycles. The molecule has 0 saturated carbocycles. The predicted octanol–water partition coefficient (Wildman–Crippen LogP) is 2.63. The molecule has 0 amide bonds. The molecule has 1 rings (SSSR count). The topological polar surface area (TPSA) is 122 Å². The van der Waals surface area contributed by atoms with Gasteiger partial charge in [0, 0.05) is 0 Å². The van der Waals surface area contributed by atoms with Crippen LogP contribution in [0.15, 0.2) is 36.0 Å². The first-order valence-electron chi connectivity index (χ1n) is 10.6. The number of aldehydes is 1. The largest absolute Gasteiger partial charge is 0.468 e. The maximum Gasteiger partial charge on any atom is 0.323 e. The van der Waals surface area contributed by atoms with E-state index in [4.69, 9.17) is 18.9 Å². The number of esters is 4. The number of hydrogen-bond acceptors (Lipinski definition) is 9. The van der Waals surface area contributed by atoms with Gasteiger partial charge in [-0.15, -0.1) is 0 Å². The summed E-state index contributed by atoms with van der Waals surface area (Å²) in [5.74, 6) is -2.93. The molecule has 0 aromatic carbocycles. The average Bonchev–Trinajstić information content (AvgIpc) is 2.85. The summed E-state index contributed by atoms with van der Waals surface area (Å²) in [4.78, 5) is 62.0. The van der Waals surface area contributed by atoms with E-state index in [2.05, 4.69) is 0 Å². The Labute approximate surface area is 193 Å². The quantitative estimate of drug-likeness (QED) is 0.261. The smallest absolute Gasteiger partial charge is 0.323 e. The molecule has 9 heteroatoms. The highest BCUT2D eigenvalue weighted by Crippen LogP contribution is 2.36. The molecule has 33 heavy (non-hydrogen) atoms. The van der Waals surface area contributed by atoms with Gasteiger partial charge in [0.05, 0.1) is 28.4 Å². The Morgan fingerprint density at radius 1 is 0.727 bits per heavy atom. The Morgan fingerprint density at radius 3 is 1.73 bits per heavy atom. The van der Waals surface area contributed by atoms with Crippen LogP contribution in [0.2, 0.25) is 0 Å². The van der Waals surface area contributed by atoms with Crippen molar-refractivity contribution < 1.29 is 42.9 Å².